The van der Waals surface area contributed by atoms with E-state index in [0.717, 1.165) is 60.4 Å². The summed E-state index contributed by atoms with van der Waals surface area (Å²) in [7, 11) is 0. The molecule has 3 heterocycles. The number of rotatable bonds is 6. The Morgan fingerprint density at radius 1 is 1.00 bits per heavy atom. The number of piperidine rings is 1. The van der Waals surface area contributed by atoms with Crippen molar-refractivity contribution in [2.75, 3.05) is 13.1 Å². The Bertz CT molecular complexity index is 1260. The monoisotopic (exact) mass is 471 g/mol. The second-order valence-electron chi connectivity index (χ2n) is 8.48. The van der Waals surface area contributed by atoms with Gasteiger partial charge in [0.15, 0.2) is 5.84 Å². The second-order valence-corrected chi connectivity index (χ2v) is 8.92. The number of hydrogen-bond acceptors (Lipinski definition) is 4. The normalized spacial score (nSPS) is 17.3. The molecule has 2 N–H and O–H groups in total. The third-order valence-electron chi connectivity index (χ3n) is 6.40. The topological polar surface area (TPSA) is 77.4 Å². The van der Waals surface area contributed by atoms with E-state index >= 15 is 0 Å². The van der Waals surface area contributed by atoms with Gasteiger partial charge in [0, 0.05) is 41.6 Å². The number of aromatic amines is 1. The van der Waals surface area contributed by atoms with Crippen LogP contribution in [-0.2, 0) is 6.42 Å². The van der Waals surface area contributed by atoms with Crippen molar-refractivity contribution >= 4 is 17.4 Å². The standard InChI is InChI=1S/C27H26ClN5O/c28-22-10-8-21(9-11-22)25-24(20-12-15-29-16-13-20)26(31-30-25)23-7-4-17-33(27(23)32-34)18-14-19-5-2-1-3-6-19/h1-3,5-6,8-13,15-16,23,34H,4,7,14,17-18H2,(H,30,31). The highest BCUT2D eigenvalue weighted by molar-refractivity contribution is 6.30. The SMILES string of the molecule is ON=C1C(c2[nH]nc(-c3ccc(Cl)cc3)c2-c2ccncc2)CCCN1CCc1ccccc1. The molecule has 5 rings (SSSR count). The van der Waals surface area contributed by atoms with Crippen LogP contribution in [0.3, 0.4) is 0 Å². The molecular weight excluding hydrogens is 446 g/mol. The highest BCUT2D eigenvalue weighted by Crippen LogP contribution is 2.40. The van der Waals surface area contributed by atoms with Crippen LogP contribution in [0, 0.1) is 0 Å². The highest BCUT2D eigenvalue weighted by atomic mass is 35.5. The molecular formula is C27H26ClN5O. The summed E-state index contributed by atoms with van der Waals surface area (Å²) in [5, 5.41) is 22.6. The maximum atomic E-state index is 10.1. The van der Waals surface area contributed by atoms with Crippen molar-refractivity contribution in [3.05, 3.63) is 95.4 Å². The van der Waals surface area contributed by atoms with Gasteiger partial charge < -0.3 is 10.1 Å². The molecule has 0 aliphatic carbocycles. The van der Waals surface area contributed by atoms with Crippen molar-refractivity contribution in [3.8, 4) is 22.4 Å². The van der Waals surface area contributed by atoms with Gasteiger partial charge in [-0.05, 0) is 54.7 Å². The Morgan fingerprint density at radius 3 is 2.50 bits per heavy atom. The van der Waals surface area contributed by atoms with Crippen LogP contribution in [0.4, 0.5) is 0 Å². The van der Waals surface area contributed by atoms with Crippen LogP contribution in [0.15, 0.2) is 84.3 Å². The van der Waals surface area contributed by atoms with Crippen molar-refractivity contribution in [3.63, 3.8) is 0 Å². The molecule has 1 atom stereocenters. The summed E-state index contributed by atoms with van der Waals surface area (Å²) >= 11 is 6.13. The van der Waals surface area contributed by atoms with Crippen LogP contribution >= 0.6 is 11.6 Å². The molecule has 172 valence electrons. The minimum atomic E-state index is -0.0914. The average Bonchev–Trinajstić information content (AvgIpc) is 3.33. The Morgan fingerprint density at radius 2 is 1.76 bits per heavy atom. The lowest BCUT2D eigenvalue weighted by molar-refractivity contribution is 0.279. The van der Waals surface area contributed by atoms with Crippen LogP contribution in [0.25, 0.3) is 22.4 Å². The number of halogens is 1. The molecule has 1 unspecified atom stereocenters. The van der Waals surface area contributed by atoms with Crippen molar-refractivity contribution in [1.29, 1.82) is 0 Å². The van der Waals surface area contributed by atoms with Gasteiger partial charge in [-0.3, -0.25) is 10.1 Å². The molecule has 0 saturated carbocycles. The average molecular weight is 472 g/mol. The maximum Gasteiger partial charge on any atom is 0.153 e. The zero-order valence-corrected chi connectivity index (χ0v) is 19.5. The zero-order chi connectivity index (χ0) is 23.3. The Labute approximate surface area is 203 Å². The fraction of sp³-hybridized carbons (Fsp3) is 0.222. The molecule has 6 nitrogen and oxygen atoms in total. The minimum absolute atomic E-state index is 0.0914. The minimum Gasteiger partial charge on any atom is -0.409 e. The molecule has 0 radical (unpaired) electrons. The van der Waals surface area contributed by atoms with Gasteiger partial charge >= 0.3 is 0 Å². The van der Waals surface area contributed by atoms with Crippen LogP contribution in [0.1, 0.15) is 30.0 Å². The number of aromatic nitrogens is 3. The van der Waals surface area contributed by atoms with Gasteiger partial charge in [0.1, 0.15) is 5.69 Å². The first-order valence-electron chi connectivity index (χ1n) is 11.5. The summed E-state index contributed by atoms with van der Waals surface area (Å²) in [6.45, 7) is 1.66. The number of pyridine rings is 1. The quantitative estimate of drug-likeness (QED) is 0.267. The van der Waals surface area contributed by atoms with Gasteiger partial charge in [-0.2, -0.15) is 5.10 Å². The van der Waals surface area contributed by atoms with E-state index in [-0.39, 0.29) is 5.92 Å². The largest absolute Gasteiger partial charge is 0.409 e. The fourth-order valence-corrected chi connectivity index (χ4v) is 4.85. The molecule has 1 fully saturated rings. The lowest BCUT2D eigenvalue weighted by Crippen LogP contribution is -2.41. The maximum absolute atomic E-state index is 10.1. The Kier molecular flexibility index (Phi) is 6.58. The Hall–Kier alpha value is -3.64. The third-order valence-corrected chi connectivity index (χ3v) is 6.65. The fourth-order valence-electron chi connectivity index (χ4n) is 4.73. The lowest BCUT2D eigenvalue weighted by Gasteiger charge is -2.35. The molecule has 1 aliphatic heterocycles. The van der Waals surface area contributed by atoms with Gasteiger partial charge in [-0.1, -0.05) is 59.2 Å². The summed E-state index contributed by atoms with van der Waals surface area (Å²) in [5.74, 6) is 0.593. The van der Waals surface area contributed by atoms with Crippen molar-refractivity contribution in [1.82, 2.24) is 20.1 Å². The number of nitrogens with one attached hydrogen (secondary N) is 1. The summed E-state index contributed by atoms with van der Waals surface area (Å²) in [4.78, 5) is 6.38. The number of amidine groups is 1. The number of nitrogens with zero attached hydrogens (tertiary/aromatic N) is 4. The number of likely N-dealkylation sites (tertiary alicyclic amines) is 1. The van der Waals surface area contributed by atoms with Gasteiger partial charge in [0.25, 0.3) is 0 Å². The molecule has 1 saturated heterocycles. The molecule has 34 heavy (non-hydrogen) atoms. The molecule has 7 heteroatoms. The van der Waals surface area contributed by atoms with E-state index < -0.39 is 0 Å². The number of H-pyrrole nitrogens is 1. The van der Waals surface area contributed by atoms with E-state index in [9.17, 15) is 5.21 Å². The van der Waals surface area contributed by atoms with E-state index in [1.165, 1.54) is 5.56 Å². The molecule has 4 aromatic rings. The van der Waals surface area contributed by atoms with Crippen molar-refractivity contribution in [2.24, 2.45) is 5.16 Å². The van der Waals surface area contributed by atoms with Gasteiger partial charge in [-0.25, -0.2) is 0 Å². The first-order valence-corrected chi connectivity index (χ1v) is 11.9. The predicted molar refractivity (Wildman–Crippen MR) is 135 cm³/mol. The first kappa shape index (κ1) is 22.2. The number of benzene rings is 2. The summed E-state index contributed by atoms with van der Waals surface area (Å²) < 4.78 is 0. The van der Waals surface area contributed by atoms with E-state index in [1.54, 1.807) is 12.4 Å². The van der Waals surface area contributed by atoms with Crippen LogP contribution in [0.5, 0.6) is 0 Å². The molecule has 2 aromatic carbocycles. The number of hydrogen-bond donors (Lipinski definition) is 2. The van der Waals surface area contributed by atoms with Gasteiger partial charge in [0.05, 0.1) is 11.6 Å². The van der Waals surface area contributed by atoms with E-state index in [1.807, 2.05) is 42.5 Å². The molecule has 2 aromatic heterocycles. The summed E-state index contributed by atoms with van der Waals surface area (Å²) in [5.41, 5.74) is 6.05. The van der Waals surface area contributed by atoms with Crippen LogP contribution in [-0.4, -0.2) is 44.2 Å². The second kappa shape index (κ2) is 10.1. The van der Waals surface area contributed by atoms with E-state index in [2.05, 4.69) is 44.4 Å². The van der Waals surface area contributed by atoms with Crippen LogP contribution in [0.2, 0.25) is 5.02 Å². The van der Waals surface area contributed by atoms with Crippen LogP contribution < -0.4 is 0 Å². The lowest BCUT2D eigenvalue weighted by atomic mass is 9.87. The molecule has 0 amide bonds. The van der Waals surface area contributed by atoms with E-state index in [0.29, 0.717) is 10.9 Å². The summed E-state index contributed by atoms with van der Waals surface area (Å²) in [6, 6.07) is 22.1. The molecule has 1 aliphatic rings. The zero-order valence-electron chi connectivity index (χ0n) is 18.7. The van der Waals surface area contributed by atoms with Gasteiger partial charge in [0.2, 0.25) is 0 Å². The highest BCUT2D eigenvalue weighted by Gasteiger charge is 2.33. The number of oxime groups is 1. The van der Waals surface area contributed by atoms with Crippen molar-refractivity contribution in [2.45, 2.75) is 25.2 Å². The van der Waals surface area contributed by atoms with Crippen molar-refractivity contribution < 1.29 is 5.21 Å². The predicted octanol–water partition coefficient (Wildman–Crippen LogP) is 6.00. The third kappa shape index (κ3) is 4.54. The van der Waals surface area contributed by atoms with Gasteiger partial charge in [-0.15, -0.1) is 0 Å². The Balaban J connectivity index is 1.51. The summed E-state index contributed by atoms with van der Waals surface area (Å²) in [6.07, 6.45) is 6.34. The molecule has 0 spiro atoms. The smallest absolute Gasteiger partial charge is 0.153 e. The molecule has 0 bridgehead atoms. The van der Waals surface area contributed by atoms with E-state index in [4.69, 9.17) is 16.7 Å². The first-order chi connectivity index (χ1) is 16.7.